The molecule has 0 amide bonds. The van der Waals surface area contributed by atoms with Gasteiger partial charge in [0.15, 0.2) is 0 Å². The Kier molecular flexibility index (Phi) is 9.11. The van der Waals surface area contributed by atoms with Crippen LogP contribution >= 0.6 is 11.3 Å². The first-order chi connectivity index (χ1) is 19.2. The van der Waals surface area contributed by atoms with Gasteiger partial charge in [0.2, 0.25) is 0 Å². The average molecular weight is 576 g/mol. The van der Waals surface area contributed by atoms with Crippen LogP contribution in [-0.2, 0) is 19.1 Å². The van der Waals surface area contributed by atoms with Crippen molar-refractivity contribution in [2.24, 2.45) is 0 Å². The molecule has 2 aliphatic rings. The molecule has 3 aromatic rings. The number of aromatic nitrogens is 1. The second-order valence-corrected chi connectivity index (χ2v) is 11.7. The third kappa shape index (κ3) is 6.52. The van der Waals surface area contributed by atoms with E-state index in [4.69, 9.17) is 4.74 Å². The molecule has 2 aliphatic heterocycles. The summed E-state index contributed by atoms with van der Waals surface area (Å²) in [5, 5.41) is 19.3. The number of ether oxygens (including phenoxy) is 1. The maximum atomic E-state index is 14.7. The molecule has 10 heteroatoms. The van der Waals surface area contributed by atoms with Gasteiger partial charge < -0.3 is 19.8 Å². The SMILES string of the molecule is Cc1c(OCCCN2CCC(O)CC2)cccc1-c1cccc(-c2nc3c(s2)CN(CCO)CC3)c1C(F)(F)F. The molecule has 1 saturated heterocycles. The van der Waals surface area contributed by atoms with Crippen LogP contribution in [0.5, 0.6) is 5.75 Å². The quantitative estimate of drug-likeness (QED) is 0.334. The fraction of sp³-hybridized carbons (Fsp3) is 0.500. The average Bonchev–Trinajstić information content (AvgIpc) is 3.36. The standard InChI is InChI=1S/C30H36F3N3O3S/c1-20-22(5-3-8-26(20)39-18-4-12-35-13-9-21(38)10-14-35)23-6-2-7-24(28(23)30(31,32)33)29-34-25-11-15-36(16-17-37)19-27(25)40-29/h2-3,5-8,21,37-38H,4,9-19H2,1H3. The molecule has 3 heterocycles. The highest BCUT2D eigenvalue weighted by Crippen LogP contribution is 2.46. The van der Waals surface area contributed by atoms with E-state index in [9.17, 15) is 23.4 Å². The van der Waals surface area contributed by atoms with Gasteiger partial charge in [-0.25, -0.2) is 4.98 Å². The summed E-state index contributed by atoms with van der Waals surface area (Å²) in [6, 6.07) is 9.97. The Labute approximate surface area is 237 Å². The van der Waals surface area contributed by atoms with Crippen LogP contribution in [0.2, 0.25) is 0 Å². The van der Waals surface area contributed by atoms with Gasteiger partial charge in [0.05, 0.1) is 30.6 Å². The van der Waals surface area contributed by atoms with Gasteiger partial charge >= 0.3 is 6.18 Å². The minimum absolute atomic E-state index is 0.0485. The molecule has 5 rings (SSSR count). The predicted octanol–water partition coefficient (Wildman–Crippen LogP) is 5.38. The molecule has 0 saturated carbocycles. The number of hydrogen-bond donors (Lipinski definition) is 2. The zero-order valence-corrected chi connectivity index (χ0v) is 23.5. The highest BCUT2D eigenvalue weighted by molar-refractivity contribution is 7.15. The van der Waals surface area contributed by atoms with Crippen molar-refractivity contribution in [3.05, 3.63) is 58.1 Å². The van der Waals surface area contributed by atoms with Gasteiger partial charge in [-0.15, -0.1) is 11.3 Å². The van der Waals surface area contributed by atoms with Crippen molar-refractivity contribution in [3.8, 4) is 27.4 Å². The Hall–Kier alpha value is -2.50. The summed E-state index contributed by atoms with van der Waals surface area (Å²) in [6.45, 7) is 6.78. The number of piperidine rings is 1. The zero-order valence-electron chi connectivity index (χ0n) is 22.7. The highest BCUT2D eigenvalue weighted by Gasteiger charge is 2.38. The second-order valence-electron chi connectivity index (χ2n) is 10.6. The minimum Gasteiger partial charge on any atom is -0.493 e. The number of benzene rings is 2. The molecule has 0 atom stereocenters. The number of halogens is 3. The fourth-order valence-corrected chi connectivity index (χ4v) is 6.81. The van der Waals surface area contributed by atoms with Crippen molar-refractivity contribution in [1.82, 2.24) is 14.8 Å². The summed E-state index contributed by atoms with van der Waals surface area (Å²) in [6.07, 6.45) is -1.76. The number of fused-ring (bicyclic) bond motifs is 1. The molecule has 0 aliphatic carbocycles. The number of β-amino-alcohol motifs (C(OH)–C–C–N with tert-alkyl or cyclic N) is 1. The van der Waals surface area contributed by atoms with Crippen molar-refractivity contribution in [2.75, 3.05) is 45.9 Å². The van der Waals surface area contributed by atoms with Gasteiger partial charge in [-0.2, -0.15) is 13.2 Å². The monoisotopic (exact) mass is 575 g/mol. The van der Waals surface area contributed by atoms with Crippen molar-refractivity contribution >= 4 is 11.3 Å². The molecular weight excluding hydrogens is 539 g/mol. The summed E-state index contributed by atoms with van der Waals surface area (Å²) in [4.78, 5) is 10.0. The Morgan fingerprint density at radius 1 is 1.00 bits per heavy atom. The molecular formula is C30H36F3N3O3S. The van der Waals surface area contributed by atoms with Crippen LogP contribution < -0.4 is 4.74 Å². The second kappa shape index (κ2) is 12.6. The summed E-state index contributed by atoms with van der Waals surface area (Å²) in [5.41, 5.74) is 1.54. The number of aliphatic hydroxyl groups is 2. The van der Waals surface area contributed by atoms with E-state index in [1.54, 1.807) is 31.2 Å². The molecule has 0 spiro atoms. The number of rotatable bonds is 9. The van der Waals surface area contributed by atoms with Crippen LogP contribution in [-0.4, -0.2) is 77.0 Å². The molecule has 40 heavy (non-hydrogen) atoms. The number of thiazole rings is 1. The van der Waals surface area contributed by atoms with Crippen molar-refractivity contribution in [3.63, 3.8) is 0 Å². The third-order valence-electron chi connectivity index (χ3n) is 7.81. The molecule has 0 unspecified atom stereocenters. The van der Waals surface area contributed by atoms with Crippen LogP contribution in [0.25, 0.3) is 21.7 Å². The number of hydrogen-bond acceptors (Lipinski definition) is 7. The largest absolute Gasteiger partial charge is 0.493 e. The van der Waals surface area contributed by atoms with E-state index in [1.165, 1.54) is 23.5 Å². The van der Waals surface area contributed by atoms with Crippen LogP contribution in [0, 0.1) is 6.92 Å². The lowest BCUT2D eigenvalue weighted by Gasteiger charge is -2.29. The molecule has 2 N–H and O–H groups in total. The van der Waals surface area contributed by atoms with Gasteiger partial charge in [0.1, 0.15) is 10.8 Å². The molecule has 1 fully saturated rings. The van der Waals surface area contributed by atoms with E-state index >= 15 is 0 Å². The lowest BCUT2D eigenvalue weighted by molar-refractivity contribution is -0.136. The number of nitrogens with zero attached hydrogens (tertiary/aromatic N) is 3. The predicted molar refractivity (Wildman–Crippen MR) is 151 cm³/mol. The molecule has 0 radical (unpaired) electrons. The Morgan fingerprint density at radius 2 is 1.73 bits per heavy atom. The molecule has 216 valence electrons. The van der Waals surface area contributed by atoms with Gasteiger partial charge in [0, 0.05) is 56.1 Å². The first-order valence-corrected chi connectivity index (χ1v) is 14.7. The Balaban J connectivity index is 1.39. The van der Waals surface area contributed by atoms with Gasteiger partial charge in [-0.05, 0) is 48.9 Å². The maximum Gasteiger partial charge on any atom is 0.417 e. The van der Waals surface area contributed by atoms with Crippen molar-refractivity contribution < 1.29 is 28.1 Å². The van der Waals surface area contributed by atoms with Crippen LogP contribution in [0.1, 0.15) is 41.0 Å². The van der Waals surface area contributed by atoms with E-state index in [2.05, 4.69) is 14.8 Å². The highest BCUT2D eigenvalue weighted by atomic mass is 32.1. The minimum atomic E-state index is -4.58. The van der Waals surface area contributed by atoms with Gasteiger partial charge in [0.25, 0.3) is 0 Å². The van der Waals surface area contributed by atoms with Gasteiger partial charge in [-0.3, -0.25) is 4.90 Å². The Bertz CT molecular complexity index is 1310. The maximum absolute atomic E-state index is 14.7. The summed E-state index contributed by atoms with van der Waals surface area (Å²) >= 11 is 1.31. The number of aliphatic hydroxyl groups excluding tert-OH is 2. The van der Waals surface area contributed by atoms with Crippen LogP contribution in [0.15, 0.2) is 36.4 Å². The van der Waals surface area contributed by atoms with Crippen LogP contribution in [0.3, 0.4) is 0 Å². The smallest absolute Gasteiger partial charge is 0.417 e. The Morgan fingerprint density at radius 3 is 2.48 bits per heavy atom. The van der Waals surface area contributed by atoms with E-state index in [0.717, 1.165) is 56.0 Å². The van der Waals surface area contributed by atoms with E-state index in [0.29, 0.717) is 48.0 Å². The first kappa shape index (κ1) is 29.0. The van der Waals surface area contributed by atoms with Crippen molar-refractivity contribution in [2.45, 2.75) is 51.4 Å². The zero-order chi connectivity index (χ0) is 28.3. The molecule has 2 aromatic carbocycles. The summed E-state index contributed by atoms with van der Waals surface area (Å²) in [5.74, 6) is 0.582. The summed E-state index contributed by atoms with van der Waals surface area (Å²) in [7, 11) is 0. The number of alkyl halides is 3. The summed E-state index contributed by atoms with van der Waals surface area (Å²) < 4.78 is 50.1. The first-order valence-electron chi connectivity index (χ1n) is 13.9. The fourth-order valence-electron chi connectivity index (χ4n) is 5.63. The molecule has 0 bridgehead atoms. The van der Waals surface area contributed by atoms with Gasteiger partial charge in [-0.1, -0.05) is 30.3 Å². The normalized spacial score (nSPS) is 17.2. The van der Waals surface area contributed by atoms with Crippen LogP contribution in [0.4, 0.5) is 13.2 Å². The lowest BCUT2D eigenvalue weighted by Crippen LogP contribution is -2.36. The van der Waals surface area contributed by atoms with Crippen molar-refractivity contribution in [1.29, 1.82) is 0 Å². The van der Waals surface area contributed by atoms with E-state index < -0.39 is 11.7 Å². The third-order valence-corrected chi connectivity index (χ3v) is 8.93. The number of likely N-dealkylation sites (tertiary alicyclic amines) is 1. The molecule has 1 aromatic heterocycles. The van der Waals surface area contributed by atoms with E-state index in [-0.39, 0.29) is 23.8 Å². The lowest BCUT2D eigenvalue weighted by atomic mass is 9.92. The topological polar surface area (TPSA) is 69.1 Å². The van der Waals surface area contributed by atoms with E-state index in [1.807, 2.05) is 0 Å². The molecule has 6 nitrogen and oxygen atoms in total.